The van der Waals surface area contributed by atoms with Crippen LogP contribution in [0, 0.1) is 5.92 Å². The van der Waals surface area contributed by atoms with Gasteiger partial charge in [-0.05, 0) is 44.9 Å². The van der Waals surface area contributed by atoms with Crippen LogP contribution in [0.2, 0.25) is 0 Å². The average Bonchev–Trinajstić information content (AvgIpc) is 2.65. The molecule has 0 fully saturated rings. The number of halogens is 1. The standard InChI is InChI=1S/C23H38FNO/c1-3-4-5-6-7-8-9-10-11-12-13-14-15-16-17-18-19-22(2)23(26)25-21-20-24/h7-8,10-11,13-14,16-17,22H,3-6,9,12,15,18-21H2,1-2H3,(H,25,26)/b8-7-,11-10-,14-13+,17-16-. The van der Waals surface area contributed by atoms with Crippen molar-refractivity contribution in [1.29, 1.82) is 0 Å². The van der Waals surface area contributed by atoms with Crippen molar-refractivity contribution in [3.63, 3.8) is 0 Å². The number of rotatable bonds is 16. The van der Waals surface area contributed by atoms with Gasteiger partial charge in [0.1, 0.15) is 6.67 Å². The van der Waals surface area contributed by atoms with Crippen LogP contribution in [0.3, 0.4) is 0 Å². The van der Waals surface area contributed by atoms with Crippen LogP contribution in [-0.2, 0) is 4.79 Å². The molecule has 0 heterocycles. The summed E-state index contributed by atoms with van der Waals surface area (Å²) in [6.45, 7) is 3.73. The molecule has 0 aliphatic carbocycles. The number of unbranched alkanes of at least 4 members (excludes halogenated alkanes) is 3. The first-order chi connectivity index (χ1) is 12.7. The van der Waals surface area contributed by atoms with E-state index >= 15 is 0 Å². The highest BCUT2D eigenvalue weighted by Gasteiger charge is 2.10. The highest BCUT2D eigenvalue weighted by Crippen LogP contribution is 2.06. The van der Waals surface area contributed by atoms with E-state index in [1.165, 1.54) is 25.7 Å². The zero-order valence-corrected chi connectivity index (χ0v) is 16.8. The predicted octanol–water partition coefficient (Wildman–Crippen LogP) is 6.46. The molecule has 1 N–H and O–H groups in total. The molecule has 0 saturated carbocycles. The van der Waals surface area contributed by atoms with Crippen molar-refractivity contribution in [2.24, 2.45) is 5.92 Å². The fraction of sp³-hybridized carbons (Fsp3) is 0.609. The number of hydrogen-bond donors (Lipinski definition) is 1. The van der Waals surface area contributed by atoms with E-state index < -0.39 is 6.67 Å². The second kappa shape index (κ2) is 19.7. The molecule has 0 aromatic heterocycles. The molecule has 0 aromatic carbocycles. The molecule has 0 aliphatic heterocycles. The van der Waals surface area contributed by atoms with Gasteiger partial charge in [0.05, 0.1) is 0 Å². The summed E-state index contributed by atoms with van der Waals surface area (Å²) in [4.78, 5) is 11.6. The molecule has 0 radical (unpaired) electrons. The number of allylic oxidation sites excluding steroid dienone is 8. The summed E-state index contributed by atoms with van der Waals surface area (Å²) in [5.41, 5.74) is 0. The van der Waals surface area contributed by atoms with Crippen LogP contribution >= 0.6 is 0 Å². The topological polar surface area (TPSA) is 29.1 Å². The van der Waals surface area contributed by atoms with E-state index in [2.05, 4.69) is 60.8 Å². The molecule has 3 heteroatoms. The van der Waals surface area contributed by atoms with Gasteiger partial charge in [-0.1, -0.05) is 75.3 Å². The normalized spacial score (nSPS) is 13.5. The first kappa shape index (κ1) is 24.4. The number of amides is 1. The quantitative estimate of drug-likeness (QED) is 0.247. The van der Waals surface area contributed by atoms with E-state index in [1.807, 2.05) is 6.92 Å². The van der Waals surface area contributed by atoms with Gasteiger partial charge in [-0.15, -0.1) is 0 Å². The van der Waals surface area contributed by atoms with Crippen LogP contribution in [0.4, 0.5) is 4.39 Å². The van der Waals surface area contributed by atoms with E-state index in [0.29, 0.717) is 0 Å². The molecule has 1 unspecified atom stereocenters. The Kier molecular flexibility index (Phi) is 18.4. The lowest BCUT2D eigenvalue weighted by molar-refractivity contribution is -0.124. The summed E-state index contributed by atoms with van der Waals surface area (Å²) < 4.78 is 12.0. The third-order valence-corrected chi connectivity index (χ3v) is 4.07. The Labute approximate surface area is 160 Å². The maximum atomic E-state index is 12.0. The fourth-order valence-electron chi connectivity index (χ4n) is 2.38. The van der Waals surface area contributed by atoms with E-state index in [1.54, 1.807) is 0 Å². The van der Waals surface area contributed by atoms with E-state index in [0.717, 1.165) is 32.1 Å². The molecule has 0 rings (SSSR count). The minimum absolute atomic E-state index is 0.0569. The monoisotopic (exact) mass is 363 g/mol. The van der Waals surface area contributed by atoms with Crippen molar-refractivity contribution >= 4 is 5.91 Å². The number of carbonyl (C=O) groups excluding carboxylic acids is 1. The fourth-order valence-corrected chi connectivity index (χ4v) is 2.38. The van der Waals surface area contributed by atoms with Gasteiger partial charge in [0.2, 0.25) is 5.91 Å². The van der Waals surface area contributed by atoms with Gasteiger partial charge in [-0.25, -0.2) is 4.39 Å². The van der Waals surface area contributed by atoms with Gasteiger partial charge in [-0.2, -0.15) is 0 Å². The minimum Gasteiger partial charge on any atom is -0.353 e. The highest BCUT2D eigenvalue weighted by molar-refractivity contribution is 5.78. The van der Waals surface area contributed by atoms with Crippen molar-refractivity contribution in [3.05, 3.63) is 48.6 Å². The maximum Gasteiger partial charge on any atom is 0.222 e. The van der Waals surface area contributed by atoms with Crippen molar-refractivity contribution in [2.75, 3.05) is 13.2 Å². The van der Waals surface area contributed by atoms with Gasteiger partial charge >= 0.3 is 0 Å². The van der Waals surface area contributed by atoms with E-state index in [9.17, 15) is 9.18 Å². The van der Waals surface area contributed by atoms with Crippen molar-refractivity contribution in [1.82, 2.24) is 5.32 Å². The van der Waals surface area contributed by atoms with Gasteiger partial charge in [-0.3, -0.25) is 4.79 Å². The summed E-state index contributed by atoms with van der Waals surface area (Å²) >= 11 is 0. The van der Waals surface area contributed by atoms with Crippen LogP contribution in [0.1, 0.15) is 71.6 Å². The number of nitrogens with one attached hydrogen (secondary N) is 1. The van der Waals surface area contributed by atoms with E-state index in [4.69, 9.17) is 0 Å². The molecule has 2 nitrogen and oxygen atoms in total. The lowest BCUT2D eigenvalue weighted by Gasteiger charge is -2.09. The molecule has 0 aliphatic rings. The van der Waals surface area contributed by atoms with Gasteiger partial charge in [0.15, 0.2) is 0 Å². The van der Waals surface area contributed by atoms with Crippen LogP contribution in [0.5, 0.6) is 0 Å². The molecule has 148 valence electrons. The molecule has 26 heavy (non-hydrogen) atoms. The summed E-state index contributed by atoms with van der Waals surface area (Å²) in [6, 6.07) is 0. The molecular formula is C23H38FNO. The summed E-state index contributed by atoms with van der Waals surface area (Å²) in [5, 5.41) is 2.58. The zero-order chi connectivity index (χ0) is 19.3. The summed E-state index contributed by atoms with van der Waals surface area (Å²) in [7, 11) is 0. The first-order valence-electron chi connectivity index (χ1n) is 10.2. The SMILES string of the molecule is CCCCC/C=C\C/C=C\C/C=C/C/C=C\CCC(C)C(=O)NCCF. The molecule has 1 amide bonds. The summed E-state index contributed by atoms with van der Waals surface area (Å²) in [5.74, 6) is -0.119. The maximum absolute atomic E-state index is 12.0. The zero-order valence-electron chi connectivity index (χ0n) is 16.8. The van der Waals surface area contributed by atoms with Crippen LogP contribution in [0.25, 0.3) is 0 Å². The first-order valence-corrected chi connectivity index (χ1v) is 10.2. The van der Waals surface area contributed by atoms with Crippen LogP contribution in [0.15, 0.2) is 48.6 Å². The Morgan fingerprint density at radius 1 is 0.885 bits per heavy atom. The lowest BCUT2D eigenvalue weighted by Crippen LogP contribution is -2.30. The van der Waals surface area contributed by atoms with Crippen LogP contribution < -0.4 is 5.32 Å². The third kappa shape index (κ3) is 17.2. The Bertz CT molecular complexity index is 437. The molecule has 1 atom stereocenters. The molecule has 0 saturated heterocycles. The van der Waals surface area contributed by atoms with Crippen molar-refractivity contribution in [3.8, 4) is 0 Å². The minimum atomic E-state index is -0.504. The van der Waals surface area contributed by atoms with E-state index in [-0.39, 0.29) is 18.4 Å². The third-order valence-electron chi connectivity index (χ3n) is 4.07. The second-order valence-electron chi connectivity index (χ2n) is 6.55. The highest BCUT2D eigenvalue weighted by atomic mass is 19.1. The van der Waals surface area contributed by atoms with Crippen LogP contribution in [-0.4, -0.2) is 19.1 Å². The van der Waals surface area contributed by atoms with Crippen molar-refractivity contribution in [2.45, 2.75) is 71.6 Å². The Morgan fingerprint density at radius 3 is 1.96 bits per heavy atom. The Hall–Kier alpha value is -1.64. The Morgan fingerprint density at radius 2 is 1.42 bits per heavy atom. The van der Waals surface area contributed by atoms with Crippen molar-refractivity contribution < 1.29 is 9.18 Å². The molecule has 0 spiro atoms. The number of carbonyl (C=O) groups is 1. The smallest absolute Gasteiger partial charge is 0.222 e. The summed E-state index contributed by atoms with van der Waals surface area (Å²) in [6.07, 6.45) is 27.3. The van der Waals surface area contributed by atoms with Gasteiger partial charge in [0, 0.05) is 12.5 Å². The van der Waals surface area contributed by atoms with Gasteiger partial charge in [0.25, 0.3) is 0 Å². The largest absolute Gasteiger partial charge is 0.353 e. The molecule has 0 bridgehead atoms. The number of hydrogen-bond acceptors (Lipinski definition) is 1. The van der Waals surface area contributed by atoms with Gasteiger partial charge < -0.3 is 5.32 Å². The average molecular weight is 364 g/mol. The molecular weight excluding hydrogens is 325 g/mol. The predicted molar refractivity (Wildman–Crippen MR) is 112 cm³/mol. The lowest BCUT2D eigenvalue weighted by atomic mass is 10.0. The number of alkyl halides is 1. The second-order valence-corrected chi connectivity index (χ2v) is 6.55. The Balaban J connectivity index is 3.58. The molecule has 0 aromatic rings.